The molecule has 5 rings (SSSR count). The molecule has 0 spiro atoms. The number of nitrogens with one attached hydrogen (secondary N) is 2. The second-order valence-electron chi connectivity index (χ2n) is 20.7. The topological polar surface area (TPSA) is 155 Å². The van der Waals surface area contributed by atoms with E-state index in [1.54, 1.807) is 20.8 Å². The van der Waals surface area contributed by atoms with Crippen LogP contribution in [0.2, 0.25) is 16.6 Å². The lowest BCUT2D eigenvalue weighted by Gasteiger charge is -2.42. The summed E-state index contributed by atoms with van der Waals surface area (Å²) in [5.74, 6) is -0.606. The third kappa shape index (κ3) is 11.2. The molecule has 0 saturated carbocycles. The van der Waals surface area contributed by atoms with E-state index in [1.165, 1.54) is 5.01 Å². The number of amides is 2. The Hall–Kier alpha value is -4.72. The SMILES string of the molecule is CCn1c(-c2cccnc2C(C)C)c(CC(C)(C)CO)c2cc(-c3cc(C[C@H](NC(=O)OC(C)(C)C)C(=O)N4CCC[C@@H](C(=O)O)N4)cc(O[Si](C(C)C)(C(C)C)C(C)C)c3)ccc21. The molecule has 1 saturated heterocycles. The van der Waals surface area contributed by atoms with E-state index >= 15 is 0 Å². The quantitative estimate of drug-likeness (QED) is 0.0758. The van der Waals surface area contributed by atoms with Crippen LogP contribution in [0.3, 0.4) is 0 Å². The molecular weight excluding hydrogens is 823 g/mol. The lowest BCUT2D eigenvalue weighted by Crippen LogP contribution is -2.60. The number of carboxylic acids is 1. The summed E-state index contributed by atoms with van der Waals surface area (Å²) in [5, 5.41) is 25.7. The van der Waals surface area contributed by atoms with Crippen molar-refractivity contribution >= 4 is 37.2 Å². The molecule has 1 aliphatic rings. The molecule has 0 aliphatic carbocycles. The van der Waals surface area contributed by atoms with Crippen LogP contribution in [0.1, 0.15) is 133 Å². The average Bonchev–Trinajstić information content (AvgIpc) is 3.52. The maximum absolute atomic E-state index is 14.4. The third-order valence-electron chi connectivity index (χ3n) is 12.7. The maximum atomic E-state index is 14.4. The number of alkyl carbamates (subject to hydrolysis) is 1. The largest absolute Gasteiger partial charge is 0.543 e. The maximum Gasteiger partial charge on any atom is 0.408 e. The number of rotatable bonds is 17. The minimum absolute atomic E-state index is 0.0199. The van der Waals surface area contributed by atoms with Gasteiger partial charge in [-0.2, -0.15) is 0 Å². The number of hydrogen-bond donors (Lipinski definition) is 4. The number of carbonyl (C=O) groups excluding carboxylic acids is 2. The molecule has 2 aromatic carbocycles. The zero-order valence-electron chi connectivity index (χ0n) is 40.9. The van der Waals surface area contributed by atoms with E-state index in [2.05, 4.69) is 128 Å². The van der Waals surface area contributed by atoms with Gasteiger partial charge in [-0.05, 0) is 134 Å². The van der Waals surface area contributed by atoms with Crippen LogP contribution in [0.15, 0.2) is 54.7 Å². The second-order valence-corrected chi connectivity index (χ2v) is 26.1. The van der Waals surface area contributed by atoms with Crippen LogP contribution < -0.4 is 15.2 Å². The van der Waals surface area contributed by atoms with Gasteiger partial charge in [-0.15, -0.1) is 0 Å². The number of aliphatic hydroxyl groups is 1. The van der Waals surface area contributed by atoms with Crippen LogP contribution in [0.5, 0.6) is 5.75 Å². The van der Waals surface area contributed by atoms with Crippen LogP contribution in [-0.2, 0) is 33.7 Å². The first-order valence-electron chi connectivity index (χ1n) is 23.3. The molecule has 4 aromatic rings. The van der Waals surface area contributed by atoms with Crippen LogP contribution in [0.25, 0.3) is 33.3 Å². The fourth-order valence-corrected chi connectivity index (χ4v) is 15.0. The van der Waals surface area contributed by atoms with Crippen LogP contribution in [-0.4, -0.2) is 81.9 Å². The van der Waals surface area contributed by atoms with Gasteiger partial charge in [-0.3, -0.25) is 19.6 Å². The Morgan fingerprint density at radius 1 is 0.938 bits per heavy atom. The van der Waals surface area contributed by atoms with Crippen molar-refractivity contribution < 1.29 is 33.8 Å². The molecule has 0 bridgehead atoms. The van der Waals surface area contributed by atoms with Crippen molar-refractivity contribution in [3.8, 4) is 28.1 Å². The van der Waals surface area contributed by atoms with Crippen molar-refractivity contribution in [3.05, 3.63) is 71.5 Å². The van der Waals surface area contributed by atoms with Gasteiger partial charge < -0.3 is 29.3 Å². The van der Waals surface area contributed by atoms with E-state index in [4.69, 9.17) is 14.1 Å². The summed E-state index contributed by atoms with van der Waals surface area (Å²) in [5.41, 5.74) is 10.6. The number of pyridine rings is 1. The standard InChI is InChI=1S/C51H75N5O7Si/c1-15-55-44-21-20-36(28-40(44)41(29-51(13,14)30-57)46(55)39-18-16-22-52-45(39)31(2)3)37-24-35(25-38(27-37)63-64(32(4)5,33(6)7)34(8)9)26-43(53-49(61)62-50(10,11)12)47(58)56-23-17-19-42(54-56)48(59)60/h16,18,20-22,24-25,27-28,31-34,42-43,54,57H,15,17,19,23,26,29-30H2,1-14H3,(H,53,61)(H,59,60)/t42-,43-/m0/s1. The van der Waals surface area contributed by atoms with Gasteiger partial charge in [0.1, 0.15) is 23.4 Å². The molecule has 2 aromatic heterocycles. The van der Waals surface area contributed by atoms with Gasteiger partial charge in [-0.1, -0.05) is 81.4 Å². The first-order chi connectivity index (χ1) is 29.9. The Labute approximate surface area is 382 Å². The number of aryl methyl sites for hydroxylation is 1. The summed E-state index contributed by atoms with van der Waals surface area (Å²) in [6, 6.07) is 14.9. The predicted molar refractivity (Wildman–Crippen MR) is 259 cm³/mol. The van der Waals surface area contributed by atoms with E-state index in [-0.39, 0.29) is 18.9 Å². The molecule has 0 radical (unpaired) electrons. The number of hydrazine groups is 1. The highest BCUT2D eigenvalue weighted by Crippen LogP contribution is 2.45. The Balaban J connectivity index is 1.75. The average molecular weight is 898 g/mol. The fourth-order valence-electron chi connectivity index (χ4n) is 9.79. The Morgan fingerprint density at radius 2 is 1.61 bits per heavy atom. The minimum atomic E-state index is -2.48. The molecule has 2 amide bonds. The Bertz CT molecular complexity index is 2270. The lowest BCUT2D eigenvalue weighted by atomic mass is 9.84. The van der Waals surface area contributed by atoms with Gasteiger partial charge in [0.05, 0.1) is 11.4 Å². The molecule has 12 nitrogen and oxygen atoms in total. The number of hydrogen-bond acceptors (Lipinski definition) is 8. The summed E-state index contributed by atoms with van der Waals surface area (Å²) in [6.45, 7) is 30.5. The highest BCUT2D eigenvalue weighted by atomic mass is 28.4. The second kappa shape index (κ2) is 20.2. The number of ether oxygens (including phenoxy) is 1. The first kappa shape index (κ1) is 50.3. The zero-order chi connectivity index (χ0) is 47.5. The highest BCUT2D eigenvalue weighted by molar-refractivity contribution is 6.78. The van der Waals surface area contributed by atoms with E-state index in [0.717, 1.165) is 56.7 Å². The number of aromatic nitrogens is 2. The number of carbonyl (C=O) groups is 3. The molecule has 3 heterocycles. The number of fused-ring (bicyclic) bond motifs is 1. The van der Waals surface area contributed by atoms with E-state index < -0.39 is 49.4 Å². The van der Waals surface area contributed by atoms with Gasteiger partial charge in [0, 0.05) is 48.8 Å². The molecule has 0 unspecified atom stereocenters. The normalized spacial score (nSPS) is 15.7. The van der Waals surface area contributed by atoms with Crippen LogP contribution >= 0.6 is 0 Å². The number of nitrogens with zero attached hydrogens (tertiary/aromatic N) is 3. The summed E-state index contributed by atoms with van der Waals surface area (Å²) >= 11 is 0. The van der Waals surface area contributed by atoms with Crippen molar-refractivity contribution in [1.29, 1.82) is 0 Å². The zero-order valence-corrected chi connectivity index (χ0v) is 41.9. The Morgan fingerprint density at radius 3 is 2.19 bits per heavy atom. The van der Waals surface area contributed by atoms with E-state index in [0.29, 0.717) is 48.2 Å². The number of benzene rings is 2. The van der Waals surface area contributed by atoms with Crippen LogP contribution in [0, 0.1) is 5.41 Å². The van der Waals surface area contributed by atoms with Gasteiger partial charge in [-0.25, -0.2) is 10.2 Å². The molecule has 350 valence electrons. The molecular formula is C51H75N5O7Si. The smallest absolute Gasteiger partial charge is 0.408 e. The monoisotopic (exact) mass is 898 g/mol. The third-order valence-corrected chi connectivity index (χ3v) is 18.7. The molecule has 4 N–H and O–H groups in total. The summed E-state index contributed by atoms with van der Waals surface area (Å²) in [6.07, 6.45) is 2.70. The van der Waals surface area contributed by atoms with Crippen molar-refractivity contribution in [2.45, 2.75) is 169 Å². The van der Waals surface area contributed by atoms with Crippen molar-refractivity contribution in [2.24, 2.45) is 5.41 Å². The molecule has 1 aliphatic heterocycles. The minimum Gasteiger partial charge on any atom is -0.543 e. The van der Waals surface area contributed by atoms with E-state index in [1.807, 2.05) is 18.3 Å². The van der Waals surface area contributed by atoms with Crippen molar-refractivity contribution in [1.82, 2.24) is 25.3 Å². The molecule has 64 heavy (non-hydrogen) atoms. The molecule has 1 fully saturated rings. The van der Waals surface area contributed by atoms with Gasteiger partial charge in [0.2, 0.25) is 0 Å². The van der Waals surface area contributed by atoms with Gasteiger partial charge in [0.25, 0.3) is 14.2 Å². The molecule has 2 atom stereocenters. The first-order valence-corrected chi connectivity index (χ1v) is 25.4. The van der Waals surface area contributed by atoms with Gasteiger partial charge in [0.15, 0.2) is 0 Å². The number of carboxylic acid groups (broad SMARTS) is 1. The summed E-state index contributed by atoms with van der Waals surface area (Å²) in [7, 11) is -2.48. The summed E-state index contributed by atoms with van der Waals surface area (Å²) in [4.78, 5) is 44.7. The Kier molecular flexibility index (Phi) is 15.9. The molecule has 13 heteroatoms. The number of aliphatic carboxylic acids is 1. The summed E-state index contributed by atoms with van der Waals surface area (Å²) < 4.78 is 15.4. The fraction of sp³-hybridized carbons (Fsp3) is 0.569. The lowest BCUT2D eigenvalue weighted by molar-refractivity contribution is -0.147. The van der Waals surface area contributed by atoms with Crippen LogP contribution in [0.4, 0.5) is 4.79 Å². The highest BCUT2D eigenvalue weighted by Gasteiger charge is 2.47. The van der Waals surface area contributed by atoms with Crippen molar-refractivity contribution in [2.75, 3.05) is 13.2 Å². The van der Waals surface area contributed by atoms with E-state index in [9.17, 15) is 24.6 Å². The predicted octanol–water partition coefficient (Wildman–Crippen LogP) is 10.6. The van der Waals surface area contributed by atoms with Gasteiger partial charge >= 0.3 is 12.1 Å². The van der Waals surface area contributed by atoms with Crippen molar-refractivity contribution in [3.63, 3.8) is 0 Å². The number of aliphatic hydroxyl groups excluding tert-OH is 1.